The van der Waals surface area contributed by atoms with Crippen LogP contribution in [0.5, 0.6) is 23.0 Å². The first-order chi connectivity index (χ1) is 33.5. The van der Waals surface area contributed by atoms with Gasteiger partial charge in [0.2, 0.25) is 0 Å². The molecule has 0 heterocycles. The minimum atomic E-state index is -4.71. The fourth-order valence-electron chi connectivity index (χ4n) is 10.4. The van der Waals surface area contributed by atoms with E-state index < -0.39 is 29.6 Å². The van der Waals surface area contributed by atoms with Gasteiger partial charge in [-0.1, -0.05) is 116 Å². The summed E-state index contributed by atoms with van der Waals surface area (Å²) in [4.78, 5) is 0. The average Bonchev–Trinajstić information content (AvgIpc) is 3.67. The van der Waals surface area contributed by atoms with Crippen LogP contribution < -0.4 is 29.6 Å². The zero-order valence-electron chi connectivity index (χ0n) is 40.0. The predicted octanol–water partition coefficient (Wildman–Crippen LogP) is 15.0. The maximum absolute atomic E-state index is 15.9. The number of alkyl halides is 3. The molecule has 0 bridgehead atoms. The van der Waals surface area contributed by atoms with E-state index in [2.05, 4.69) is 79.9 Å². The van der Waals surface area contributed by atoms with Crippen molar-refractivity contribution in [2.24, 2.45) is 0 Å². The van der Waals surface area contributed by atoms with E-state index >= 15 is 13.2 Å². The SMILES string of the molecule is CCc1cc(C)cc(CC)c1NC1c2cccc3cccc(c23)C1Nc1c(C(c2ccc(OC)cc2)c2ccc(OC)cc2)cc(C(F)(F)F)cc1C(c1ccc(OC)cc1)c1ccc(OC)cc1. The Morgan fingerprint density at radius 1 is 0.478 bits per heavy atom. The fraction of sp³-hybridized carbons (Fsp3) is 0.233. The topological polar surface area (TPSA) is 61.0 Å². The van der Waals surface area contributed by atoms with Gasteiger partial charge in [0.25, 0.3) is 0 Å². The number of nitrogens with one attached hydrogen (secondary N) is 2. The zero-order valence-corrected chi connectivity index (χ0v) is 40.0. The maximum atomic E-state index is 15.9. The largest absolute Gasteiger partial charge is 0.497 e. The van der Waals surface area contributed by atoms with Crippen LogP contribution in [0.1, 0.15) is 105 Å². The van der Waals surface area contributed by atoms with E-state index in [1.54, 1.807) is 28.4 Å². The van der Waals surface area contributed by atoms with E-state index in [-0.39, 0.29) is 6.04 Å². The Hall–Kier alpha value is -7.39. The van der Waals surface area contributed by atoms with Crippen LogP contribution in [-0.2, 0) is 19.0 Å². The van der Waals surface area contributed by atoms with Crippen molar-refractivity contribution in [1.82, 2.24) is 0 Å². The molecule has 9 heteroatoms. The second-order valence-corrected chi connectivity index (χ2v) is 17.7. The highest BCUT2D eigenvalue weighted by Crippen LogP contribution is 2.53. The number of rotatable bonds is 16. The monoisotopic (exact) mass is 926 g/mol. The molecule has 0 saturated heterocycles. The molecular formula is C60H57F3N2O4. The highest BCUT2D eigenvalue weighted by atomic mass is 19.4. The van der Waals surface area contributed by atoms with Crippen molar-refractivity contribution in [3.05, 3.63) is 224 Å². The zero-order chi connectivity index (χ0) is 48.4. The smallest absolute Gasteiger partial charge is 0.416 e. The van der Waals surface area contributed by atoms with Crippen LogP contribution >= 0.6 is 0 Å². The van der Waals surface area contributed by atoms with Gasteiger partial charge in [0.15, 0.2) is 0 Å². The highest BCUT2D eigenvalue weighted by Gasteiger charge is 2.40. The van der Waals surface area contributed by atoms with E-state index in [9.17, 15) is 0 Å². The summed E-state index contributed by atoms with van der Waals surface area (Å²) >= 11 is 0. The number of benzene rings is 8. The lowest BCUT2D eigenvalue weighted by atomic mass is 9.77. The van der Waals surface area contributed by atoms with Crippen LogP contribution in [0.25, 0.3) is 10.8 Å². The lowest BCUT2D eigenvalue weighted by Crippen LogP contribution is -2.25. The van der Waals surface area contributed by atoms with Gasteiger partial charge in [-0.25, -0.2) is 0 Å². The van der Waals surface area contributed by atoms with Crippen LogP contribution in [0.2, 0.25) is 0 Å². The van der Waals surface area contributed by atoms with Gasteiger partial charge in [0.1, 0.15) is 23.0 Å². The molecular weight excluding hydrogens is 870 g/mol. The highest BCUT2D eigenvalue weighted by molar-refractivity contribution is 5.93. The molecule has 1 aliphatic rings. The Morgan fingerprint density at radius 3 is 1.14 bits per heavy atom. The molecule has 0 aliphatic heterocycles. The van der Waals surface area contributed by atoms with Gasteiger partial charge in [-0.05, 0) is 147 Å². The molecule has 8 aromatic carbocycles. The van der Waals surface area contributed by atoms with Gasteiger partial charge in [0, 0.05) is 23.2 Å². The normalized spacial score (nSPS) is 14.3. The minimum Gasteiger partial charge on any atom is -0.497 e. The van der Waals surface area contributed by atoms with Gasteiger partial charge in [-0.15, -0.1) is 0 Å². The number of methoxy groups -OCH3 is 4. The second kappa shape index (κ2) is 19.7. The molecule has 6 nitrogen and oxygen atoms in total. The summed E-state index contributed by atoms with van der Waals surface area (Å²) in [6, 6.07) is 49.6. The molecule has 2 atom stereocenters. The van der Waals surface area contributed by atoms with Crippen molar-refractivity contribution in [1.29, 1.82) is 0 Å². The number of anilines is 2. The second-order valence-electron chi connectivity index (χ2n) is 17.7. The van der Waals surface area contributed by atoms with E-state index in [4.69, 9.17) is 18.9 Å². The minimum absolute atomic E-state index is 0.326. The van der Waals surface area contributed by atoms with Gasteiger partial charge in [-0.3, -0.25) is 0 Å². The Morgan fingerprint density at radius 2 is 0.826 bits per heavy atom. The van der Waals surface area contributed by atoms with Crippen molar-refractivity contribution in [3.8, 4) is 23.0 Å². The van der Waals surface area contributed by atoms with E-state index in [1.807, 2.05) is 97.1 Å². The predicted molar refractivity (Wildman–Crippen MR) is 272 cm³/mol. The lowest BCUT2D eigenvalue weighted by molar-refractivity contribution is -0.137. The Labute approximate surface area is 403 Å². The Balaban J connectivity index is 1.38. The molecule has 0 radical (unpaired) electrons. The summed E-state index contributed by atoms with van der Waals surface area (Å²) in [5.74, 6) is 1.14. The number of hydrogen-bond acceptors (Lipinski definition) is 6. The van der Waals surface area contributed by atoms with Crippen LogP contribution in [0.4, 0.5) is 24.5 Å². The molecule has 0 spiro atoms. The third-order valence-electron chi connectivity index (χ3n) is 13.7. The lowest BCUT2D eigenvalue weighted by Gasteiger charge is -2.34. The van der Waals surface area contributed by atoms with Crippen LogP contribution in [0, 0.1) is 6.92 Å². The molecule has 0 amide bonds. The number of aryl methyl sites for hydroxylation is 3. The first-order valence-electron chi connectivity index (χ1n) is 23.4. The van der Waals surface area contributed by atoms with Crippen molar-refractivity contribution in [2.45, 2.75) is 63.7 Å². The molecule has 352 valence electrons. The van der Waals surface area contributed by atoms with Crippen LogP contribution in [0.15, 0.2) is 158 Å². The quantitative estimate of drug-likeness (QED) is 0.0942. The van der Waals surface area contributed by atoms with Crippen LogP contribution in [-0.4, -0.2) is 28.4 Å². The van der Waals surface area contributed by atoms with Gasteiger partial charge < -0.3 is 29.6 Å². The molecule has 0 saturated carbocycles. The van der Waals surface area contributed by atoms with Gasteiger partial charge in [-0.2, -0.15) is 13.2 Å². The van der Waals surface area contributed by atoms with E-state index in [0.717, 1.165) is 62.7 Å². The summed E-state index contributed by atoms with van der Waals surface area (Å²) < 4.78 is 70.2. The molecule has 2 N–H and O–H groups in total. The molecule has 1 aliphatic carbocycles. The molecule has 9 rings (SSSR count). The van der Waals surface area contributed by atoms with E-state index in [0.29, 0.717) is 39.8 Å². The van der Waals surface area contributed by atoms with Crippen LogP contribution in [0.3, 0.4) is 0 Å². The maximum Gasteiger partial charge on any atom is 0.416 e. The molecule has 0 aromatic heterocycles. The van der Waals surface area contributed by atoms with Crippen molar-refractivity contribution < 1.29 is 32.1 Å². The molecule has 8 aromatic rings. The van der Waals surface area contributed by atoms with Gasteiger partial charge >= 0.3 is 6.18 Å². The molecule has 69 heavy (non-hydrogen) atoms. The van der Waals surface area contributed by atoms with Gasteiger partial charge in [0.05, 0.1) is 46.1 Å². The van der Waals surface area contributed by atoms with E-state index in [1.165, 1.54) is 28.8 Å². The number of hydrogen-bond donors (Lipinski definition) is 2. The molecule has 2 unspecified atom stereocenters. The molecule has 0 fully saturated rings. The number of halogens is 3. The fourth-order valence-corrected chi connectivity index (χ4v) is 10.4. The first kappa shape index (κ1) is 46.7. The summed E-state index contributed by atoms with van der Waals surface area (Å²) in [7, 11) is 6.40. The Kier molecular flexibility index (Phi) is 13.3. The number of ether oxygens (including phenoxy) is 4. The third kappa shape index (κ3) is 9.18. The average molecular weight is 927 g/mol. The van der Waals surface area contributed by atoms with Crippen molar-refractivity contribution in [3.63, 3.8) is 0 Å². The summed E-state index contributed by atoms with van der Waals surface area (Å²) in [5.41, 5.74) is 10.8. The third-order valence-corrected chi connectivity index (χ3v) is 13.7. The van der Waals surface area contributed by atoms with Crippen molar-refractivity contribution in [2.75, 3.05) is 39.1 Å². The summed E-state index contributed by atoms with van der Waals surface area (Å²) in [6.07, 6.45) is -3.07. The Bertz CT molecular complexity index is 2830. The summed E-state index contributed by atoms with van der Waals surface area (Å²) in [6.45, 7) is 6.49. The summed E-state index contributed by atoms with van der Waals surface area (Å²) in [5, 5.41) is 10.4. The first-order valence-corrected chi connectivity index (χ1v) is 23.4. The van der Waals surface area contributed by atoms with Crippen molar-refractivity contribution >= 4 is 22.1 Å². The standard InChI is InChI=1S/C60H57F3N2O4/c1-8-37-32-36(3)33-38(9-2)56(37)64-58-49-14-10-12-39-13-11-15-50(55(39)49)59(58)65-57-51(53(40-16-24-45(66-4)25-17-40)41-18-26-46(67-5)27-19-41)34-44(60(61,62)63)35-52(57)54(42-20-28-47(68-6)29-21-42)43-22-30-48(69-7)31-23-43/h10-35,53-54,58-59,64-65H,8-9H2,1-7H3.